The Bertz CT molecular complexity index is 711. The predicted octanol–water partition coefficient (Wildman–Crippen LogP) is 4.59. The molecule has 1 heterocycles. The summed E-state index contributed by atoms with van der Waals surface area (Å²) in [5.41, 5.74) is 2.61. The van der Waals surface area contributed by atoms with Crippen molar-refractivity contribution in [2.45, 2.75) is 39.0 Å². The molecule has 0 unspecified atom stereocenters. The Morgan fingerprint density at radius 2 is 1.96 bits per heavy atom. The second kappa shape index (κ2) is 6.82. The minimum atomic E-state index is 0.0805. The molecule has 0 radical (unpaired) electrons. The summed E-state index contributed by atoms with van der Waals surface area (Å²) < 4.78 is 5.52. The maximum absolute atomic E-state index is 12.5. The number of carbonyl (C=O) groups excluding carboxylic acids is 2. The Morgan fingerprint density at radius 1 is 1.17 bits per heavy atom. The van der Waals surface area contributed by atoms with Gasteiger partial charge in [-0.05, 0) is 44.0 Å². The first-order valence-corrected chi connectivity index (χ1v) is 8.14. The zero-order valence-electron chi connectivity index (χ0n) is 13.3. The number of hydrogen-bond donors (Lipinski definition) is 1. The molecule has 1 saturated carbocycles. The lowest BCUT2D eigenvalue weighted by Gasteiger charge is -2.21. The lowest BCUT2D eigenvalue weighted by molar-refractivity contribution is -0.120. The third kappa shape index (κ3) is 3.52. The number of anilines is 1. The Hall–Kier alpha value is -2.36. The zero-order chi connectivity index (χ0) is 16.2. The second-order valence-corrected chi connectivity index (χ2v) is 6.19. The Balaban J connectivity index is 1.86. The van der Waals surface area contributed by atoms with Crippen LogP contribution in [0.25, 0.3) is 11.3 Å². The number of furan rings is 1. The molecule has 4 heteroatoms. The molecule has 1 amide bonds. The fourth-order valence-electron chi connectivity index (χ4n) is 3.13. The number of rotatable bonds is 4. The fraction of sp³-hybridized carbons (Fsp3) is 0.368. The summed E-state index contributed by atoms with van der Waals surface area (Å²) >= 11 is 0. The largest absolute Gasteiger partial charge is 0.453 e. The van der Waals surface area contributed by atoms with Crippen LogP contribution in [-0.2, 0) is 4.79 Å². The normalized spacial score (nSPS) is 15.3. The summed E-state index contributed by atoms with van der Waals surface area (Å²) in [5.74, 6) is 1.05. The summed E-state index contributed by atoms with van der Waals surface area (Å²) in [6.45, 7) is 1.99. The van der Waals surface area contributed by atoms with Crippen molar-refractivity contribution in [1.82, 2.24) is 0 Å². The van der Waals surface area contributed by atoms with Gasteiger partial charge in [0, 0.05) is 11.5 Å². The van der Waals surface area contributed by atoms with E-state index in [0.29, 0.717) is 12.0 Å². The fourth-order valence-corrected chi connectivity index (χ4v) is 3.13. The van der Waals surface area contributed by atoms with Crippen molar-refractivity contribution < 1.29 is 14.0 Å². The van der Waals surface area contributed by atoms with Gasteiger partial charge >= 0.3 is 0 Å². The molecule has 23 heavy (non-hydrogen) atoms. The molecule has 1 aromatic heterocycles. The minimum absolute atomic E-state index is 0.0805. The molecule has 0 saturated heterocycles. The van der Waals surface area contributed by atoms with E-state index < -0.39 is 0 Å². The summed E-state index contributed by atoms with van der Waals surface area (Å²) in [7, 11) is 0. The first-order valence-electron chi connectivity index (χ1n) is 8.14. The van der Waals surface area contributed by atoms with Crippen LogP contribution in [0.3, 0.4) is 0 Å². The van der Waals surface area contributed by atoms with E-state index in [9.17, 15) is 9.59 Å². The molecule has 0 bridgehead atoms. The molecular formula is C19H21NO3. The standard InChI is InChI=1S/C19H21NO3/c1-13-7-9-17(20-19(22)14-5-3-2-4-6-14)16(11-13)18-10-8-15(12-21)23-18/h7-12,14H,2-6H2,1H3,(H,20,22). The van der Waals surface area contributed by atoms with Crippen LogP contribution in [-0.4, -0.2) is 12.2 Å². The molecule has 1 aliphatic carbocycles. The van der Waals surface area contributed by atoms with Crippen molar-refractivity contribution in [1.29, 1.82) is 0 Å². The highest BCUT2D eigenvalue weighted by Crippen LogP contribution is 2.32. The van der Waals surface area contributed by atoms with Crippen LogP contribution in [0.4, 0.5) is 5.69 Å². The highest BCUT2D eigenvalue weighted by molar-refractivity contribution is 5.96. The van der Waals surface area contributed by atoms with Crippen molar-refractivity contribution >= 4 is 17.9 Å². The molecule has 0 aliphatic heterocycles. The van der Waals surface area contributed by atoms with Gasteiger partial charge in [0.25, 0.3) is 0 Å². The summed E-state index contributed by atoms with van der Waals surface area (Å²) in [6, 6.07) is 9.22. The monoisotopic (exact) mass is 311 g/mol. The van der Waals surface area contributed by atoms with Gasteiger partial charge < -0.3 is 9.73 Å². The van der Waals surface area contributed by atoms with E-state index in [1.54, 1.807) is 12.1 Å². The number of amides is 1. The number of aryl methyl sites for hydroxylation is 1. The molecule has 4 nitrogen and oxygen atoms in total. The van der Waals surface area contributed by atoms with Crippen LogP contribution in [0.1, 0.15) is 48.2 Å². The molecule has 0 atom stereocenters. The Kier molecular flexibility index (Phi) is 4.60. The van der Waals surface area contributed by atoms with Gasteiger partial charge in [0.1, 0.15) is 5.76 Å². The van der Waals surface area contributed by atoms with Gasteiger partial charge in [0.05, 0.1) is 5.69 Å². The first-order chi connectivity index (χ1) is 11.2. The molecular weight excluding hydrogens is 290 g/mol. The second-order valence-electron chi connectivity index (χ2n) is 6.19. The van der Waals surface area contributed by atoms with Crippen LogP contribution in [0.2, 0.25) is 0 Å². The van der Waals surface area contributed by atoms with Crippen LogP contribution in [0.5, 0.6) is 0 Å². The molecule has 1 N–H and O–H groups in total. The molecule has 120 valence electrons. The molecule has 3 rings (SSSR count). The van der Waals surface area contributed by atoms with E-state index in [1.165, 1.54) is 6.42 Å². The van der Waals surface area contributed by atoms with Crippen LogP contribution >= 0.6 is 0 Å². The van der Waals surface area contributed by atoms with Gasteiger partial charge in [-0.25, -0.2) is 0 Å². The highest BCUT2D eigenvalue weighted by atomic mass is 16.3. The predicted molar refractivity (Wildman–Crippen MR) is 89.5 cm³/mol. The van der Waals surface area contributed by atoms with Crippen LogP contribution in [0.15, 0.2) is 34.7 Å². The highest BCUT2D eigenvalue weighted by Gasteiger charge is 2.22. The van der Waals surface area contributed by atoms with E-state index in [0.717, 1.165) is 42.5 Å². The molecule has 2 aromatic rings. The SMILES string of the molecule is Cc1ccc(NC(=O)C2CCCCC2)c(-c2ccc(C=O)o2)c1. The Morgan fingerprint density at radius 3 is 2.65 bits per heavy atom. The number of nitrogens with one attached hydrogen (secondary N) is 1. The van der Waals surface area contributed by atoms with E-state index in [1.807, 2.05) is 25.1 Å². The summed E-state index contributed by atoms with van der Waals surface area (Å²) in [6.07, 6.45) is 6.07. The van der Waals surface area contributed by atoms with E-state index >= 15 is 0 Å². The molecule has 1 aromatic carbocycles. The number of aldehydes is 1. The van der Waals surface area contributed by atoms with Gasteiger partial charge in [-0.2, -0.15) is 0 Å². The van der Waals surface area contributed by atoms with E-state index in [-0.39, 0.29) is 17.6 Å². The Labute approximate surface area is 135 Å². The first kappa shape index (κ1) is 15.5. The number of carbonyl (C=O) groups is 2. The molecule has 0 spiro atoms. The van der Waals surface area contributed by atoms with Gasteiger partial charge in [-0.3, -0.25) is 9.59 Å². The van der Waals surface area contributed by atoms with E-state index in [4.69, 9.17) is 4.42 Å². The van der Waals surface area contributed by atoms with Crippen LogP contribution < -0.4 is 5.32 Å². The maximum Gasteiger partial charge on any atom is 0.227 e. The quantitative estimate of drug-likeness (QED) is 0.840. The minimum Gasteiger partial charge on any atom is -0.453 e. The third-order valence-electron chi connectivity index (χ3n) is 4.42. The molecule has 1 fully saturated rings. The van der Waals surface area contributed by atoms with Gasteiger partial charge in [-0.1, -0.05) is 30.9 Å². The topological polar surface area (TPSA) is 59.3 Å². The van der Waals surface area contributed by atoms with Crippen molar-refractivity contribution in [2.75, 3.05) is 5.32 Å². The summed E-state index contributed by atoms with van der Waals surface area (Å²) in [4.78, 5) is 23.3. The molecule has 1 aliphatic rings. The van der Waals surface area contributed by atoms with E-state index in [2.05, 4.69) is 5.32 Å². The smallest absolute Gasteiger partial charge is 0.227 e. The number of benzene rings is 1. The number of hydrogen-bond acceptors (Lipinski definition) is 3. The van der Waals surface area contributed by atoms with Crippen molar-refractivity contribution in [3.05, 3.63) is 41.7 Å². The van der Waals surface area contributed by atoms with Crippen molar-refractivity contribution in [3.8, 4) is 11.3 Å². The van der Waals surface area contributed by atoms with Gasteiger partial charge in [-0.15, -0.1) is 0 Å². The van der Waals surface area contributed by atoms with Crippen molar-refractivity contribution in [3.63, 3.8) is 0 Å². The van der Waals surface area contributed by atoms with Crippen molar-refractivity contribution in [2.24, 2.45) is 5.92 Å². The third-order valence-corrected chi connectivity index (χ3v) is 4.42. The van der Waals surface area contributed by atoms with Gasteiger partial charge in [0.15, 0.2) is 12.0 Å². The maximum atomic E-state index is 12.5. The average molecular weight is 311 g/mol. The lowest BCUT2D eigenvalue weighted by atomic mass is 9.88. The zero-order valence-corrected chi connectivity index (χ0v) is 13.3. The lowest BCUT2D eigenvalue weighted by Crippen LogP contribution is -2.25. The summed E-state index contributed by atoms with van der Waals surface area (Å²) in [5, 5.41) is 3.05. The van der Waals surface area contributed by atoms with Crippen LogP contribution in [0, 0.1) is 12.8 Å². The van der Waals surface area contributed by atoms with Gasteiger partial charge in [0.2, 0.25) is 5.91 Å². The average Bonchev–Trinajstić information content (AvgIpc) is 3.06.